The lowest BCUT2D eigenvalue weighted by molar-refractivity contribution is -0.137. The van der Waals surface area contributed by atoms with Gasteiger partial charge in [-0.2, -0.15) is 13.2 Å². The molecule has 0 atom stereocenters. The van der Waals surface area contributed by atoms with Crippen LogP contribution in [0.5, 0.6) is 5.75 Å². The van der Waals surface area contributed by atoms with Gasteiger partial charge in [-0.15, -0.1) is 11.3 Å². The van der Waals surface area contributed by atoms with Gasteiger partial charge in [-0.3, -0.25) is 0 Å². The standard InChI is InChI=1S/C13H6F3IOS/c14-13(15,16)11-9(18)4-3-8-7-2-1-6(17)5-10(7)19-12(8)11/h1-5,18H. The molecule has 0 aliphatic rings. The van der Waals surface area contributed by atoms with Crippen LogP contribution in [-0.4, -0.2) is 5.11 Å². The van der Waals surface area contributed by atoms with E-state index < -0.39 is 17.5 Å². The minimum Gasteiger partial charge on any atom is -0.507 e. The van der Waals surface area contributed by atoms with E-state index in [4.69, 9.17) is 0 Å². The maximum absolute atomic E-state index is 13.0. The summed E-state index contributed by atoms with van der Waals surface area (Å²) in [7, 11) is 0. The number of aromatic hydroxyl groups is 1. The Morgan fingerprint density at radius 2 is 1.74 bits per heavy atom. The molecule has 0 spiro atoms. The minimum atomic E-state index is -4.56. The summed E-state index contributed by atoms with van der Waals surface area (Å²) in [5, 5.41) is 10.8. The van der Waals surface area contributed by atoms with Gasteiger partial charge in [0.15, 0.2) is 0 Å². The smallest absolute Gasteiger partial charge is 0.421 e. The Morgan fingerprint density at radius 1 is 1.05 bits per heavy atom. The molecule has 98 valence electrons. The predicted octanol–water partition coefficient (Wildman–Crippen LogP) is 5.38. The molecule has 19 heavy (non-hydrogen) atoms. The van der Waals surface area contributed by atoms with Gasteiger partial charge in [0.1, 0.15) is 11.3 Å². The molecular formula is C13H6F3IOS. The van der Waals surface area contributed by atoms with E-state index in [9.17, 15) is 18.3 Å². The summed E-state index contributed by atoms with van der Waals surface area (Å²) in [4.78, 5) is 0. The van der Waals surface area contributed by atoms with Crippen LogP contribution in [0.1, 0.15) is 5.56 Å². The lowest BCUT2D eigenvalue weighted by atomic mass is 10.1. The van der Waals surface area contributed by atoms with Crippen molar-refractivity contribution < 1.29 is 18.3 Å². The molecule has 1 N–H and O–H groups in total. The number of thiophene rings is 1. The Morgan fingerprint density at radius 3 is 2.42 bits per heavy atom. The molecule has 0 aliphatic heterocycles. The highest BCUT2D eigenvalue weighted by atomic mass is 127. The molecule has 1 aromatic heterocycles. The highest BCUT2D eigenvalue weighted by Crippen LogP contribution is 2.46. The molecule has 2 aromatic carbocycles. The van der Waals surface area contributed by atoms with Gasteiger partial charge in [-0.05, 0) is 46.9 Å². The molecule has 1 nitrogen and oxygen atoms in total. The van der Waals surface area contributed by atoms with Crippen molar-refractivity contribution >= 4 is 54.1 Å². The summed E-state index contributed by atoms with van der Waals surface area (Å²) in [6.07, 6.45) is -4.56. The van der Waals surface area contributed by atoms with Crippen LogP contribution < -0.4 is 0 Å². The first-order valence-corrected chi connectivity index (χ1v) is 7.18. The summed E-state index contributed by atoms with van der Waals surface area (Å²) < 4.78 is 40.9. The molecule has 0 amide bonds. The number of halogens is 4. The van der Waals surface area contributed by atoms with Gasteiger partial charge in [-0.25, -0.2) is 0 Å². The van der Waals surface area contributed by atoms with Crippen LogP contribution in [0.15, 0.2) is 30.3 Å². The number of phenolic OH excluding ortho intramolecular Hbond substituents is 1. The second-order valence-electron chi connectivity index (χ2n) is 4.08. The Bertz CT molecular complexity index is 792. The third-order valence-corrected chi connectivity index (χ3v) is 4.72. The molecule has 1 heterocycles. The third-order valence-electron chi connectivity index (χ3n) is 2.87. The third kappa shape index (κ3) is 2.06. The molecule has 3 rings (SSSR count). The van der Waals surface area contributed by atoms with Crippen molar-refractivity contribution in [2.24, 2.45) is 0 Å². The maximum atomic E-state index is 13.0. The number of alkyl halides is 3. The predicted molar refractivity (Wildman–Crippen MR) is 78.7 cm³/mol. The van der Waals surface area contributed by atoms with Gasteiger partial charge in [0.05, 0.1) is 4.70 Å². The fraction of sp³-hybridized carbons (Fsp3) is 0.0769. The molecule has 6 heteroatoms. The molecule has 0 radical (unpaired) electrons. The lowest BCUT2D eigenvalue weighted by Crippen LogP contribution is -2.05. The van der Waals surface area contributed by atoms with Crippen LogP contribution in [0.4, 0.5) is 13.2 Å². The molecule has 0 aliphatic carbocycles. The highest BCUT2D eigenvalue weighted by Gasteiger charge is 2.36. The van der Waals surface area contributed by atoms with Crippen LogP contribution in [-0.2, 0) is 6.18 Å². The van der Waals surface area contributed by atoms with Crippen molar-refractivity contribution in [1.29, 1.82) is 0 Å². The summed E-state index contributed by atoms with van der Waals surface area (Å²) >= 11 is 3.18. The zero-order valence-electron chi connectivity index (χ0n) is 9.25. The van der Waals surface area contributed by atoms with E-state index in [0.717, 1.165) is 31.1 Å². The van der Waals surface area contributed by atoms with Crippen LogP contribution in [0.3, 0.4) is 0 Å². The minimum absolute atomic E-state index is 0.0875. The monoisotopic (exact) mass is 394 g/mol. The van der Waals surface area contributed by atoms with Crippen molar-refractivity contribution in [2.75, 3.05) is 0 Å². The average Bonchev–Trinajstić information content (AvgIpc) is 2.63. The van der Waals surface area contributed by atoms with E-state index in [1.54, 1.807) is 0 Å². The summed E-state index contributed by atoms with van der Waals surface area (Å²) in [5.41, 5.74) is -0.943. The second kappa shape index (κ2) is 4.24. The average molecular weight is 394 g/mol. The molecule has 0 unspecified atom stereocenters. The lowest BCUT2D eigenvalue weighted by Gasteiger charge is -2.09. The Labute approximate surface area is 123 Å². The van der Waals surface area contributed by atoms with E-state index in [0.29, 0.717) is 5.39 Å². The van der Waals surface area contributed by atoms with E-state index in [2.05, 4.69) is 22.6 Å². The summed E-state index contributed by atoms with van der Waals surface area (Å²) in [6, 6.07) is 8.15. The van der Waals surface area contributed by atoms with Gasteiger partial charge >= 0.3 is 6.18 Å². The largest absolute Gasteiger partial charge is 0.507 e. The Hall–Kier alpha value is -1.02. The zero-order chi connectivity index (χ0) is 13.8. The van der Waals surface area contributed by atoms with Gasteiger partial charge < -0.3 is 5.11 Å². The van der Waals surface area contributed by atoms with Gasteiger partial charge in [0, 0.05) is 19.0 Å². The first-order valence-electron chi connectivity index (χ1n) is 5.29. The molecule has 0 saturated heterocycles. The van der Waals surface area contributed by atoms with Gasteiger partial charge in [0.25, 0.3) is 0 Å². The van der Waals surface area contributed by atoms with Crippen LogP contribution >= 0.6 is 33.9 Å². The van der Waals surface area contributed by atoms with Crippen LogP contribution in [0, 0.1) is 3.57 Å². The molecule has 0 fully saturated rings. The normalized spacial score (nSPS) is 12.4. The van der Waals surface area contributed by atoms with Crippen molar-refractivity contribution in [2.45, 2.75) is 6.18 Å². The molecule has 3 aromatic rings. The SMILES string of the molecule is Oc1ccc2c(sc3cc(I)ccc32)c1C(F)(F)F. The first-order chi connectivity index (χ1) is 8.88. The second-order valence-corrected chi connectivity index (χ2v) is 6.37. The number of phenols is 1. The van der Waals surface area contributed by atoms with Crippen molar-refractivity contribution in [3.8, 4) is 5.75 Å². The highest BCUT2D eigenvalue weighted by molar-refractivity contribution is 14.1. The summed E-state index contributed by atoms with van der Waals surface area (Å²) in [6.45, 7) is 0. The fourth-order valence-electron chi connectivity index (χ4n) is 2.08. The Kier molecular flexibility index (Phi) is 2.90. The van der Waals surface area contributed by atoms with Crippen LogP contribution in [0.2, 0.25) is 0 Å². The molecular weight excluding hydrogens is 388 g/mol. The van der Waals surface area contributed by atoms with Crippen molar-refractivity contribution in [3.63, 3.8) is 0 Å². The topological polar surface area (TPSA) is 20.2 Å². The number of benzene rings is 2. The van der Waals surface area contributed by atoms with Crippen molar-refractivity contribution in [3.05, 3.63) is 39.5 Å². The van der Waals surface area contributed by atoms with E-state index in [1.807, 2.05) is 18.2 Å². The number of rotatable bonds is 0. The molecule has 0 bridgehead atoms. The maximum Gasteiger partial charge on any atom is 0.421 e. The quantitative estimate of drug-likeness (QED) is 0.508. The zero-order valence-corrected chi connectivity index (χ0v) is 12.2. The van der Waals surface area contributed by atoms with Crippen molar-refractivity contribution in [1.82, 2.24) is 0 Å². The first kappa shape index (κ1) is 13.0. The Balaban J connectivity index is 2.50. The summed E-state index contributed by atoms with van der Waals surface area (Å²) in [5.74, 6) is -0.721. The number of hydrogen-bond acceptors (Lipinski definition) is 2. The number of fused-ring (bicyclic) bond motifs is 3. The number of hydrogen-bond donors (Lipinski definition) is 1. The van der Waals surface area contributed by atoms with Gasteiger partial charge in [-0.1, -0.05) is 6.07 Å². The van der Waals surface area contributed by atoms with E-state index in [1.165, 1.54) is 6.07 Å². The van der Waals surface area contributed by atoms with E-state index in [-0.39, 0.29) is 4.70 Å². The van der Waals surface area contributed by atoms with E-state index >= 15 is 0 Å². The fourth-order valence-corrected chi connectivity index (χ4v) is 4.08. The van der Waals surface area contributed by atoms with Gasteiger partial charge in [0.2, 0.25) is 0 Å². The molecule has 0 saturated carbocycles. The van der Waals surface area contributed by atoms with Crippen LogP contribution in [0.25, 0.3) is 20.2 Å².